The van der Waals surface area contributed by atoms with Crippen LogP contribution in [0.4, 0.5) is 9.59 Å². The molecule has 2 aliphatic rings. The van der Waals surface area contributed by atoms with Gasteiger partial charge in [0.15, 0.2) is 20.5 Å². The monoisotopic (exact) mass is 726 g/mol. The van der Waals surface area contributed by atoms with E-state index in [1.54, 1.807) is 22.2 Å². The highest BCUT2D eigenvalue weighted by atomic mass is 32.1. The van der Waals surface area contributed by atoms with E-state index in [2.05, 4.69) is 30.6 Å². The minimum Gasteiger partial charge on any atom is -0.453 e. The molecule has 4 amide bonds. The van der Waals surface area contributed by atoms with E-state index in [-0.39, 0.29) is 35.7 Å². The molecule has 0 spiro atoms. The average Bonchev–Trinajstić information content (AvgIpc) is 3.93. The van der Waals surface area contributed by atoms with Gasteiger partial charge in [0.25, 0.3) is 0 Å². The number of alkyl carbamates (subject to hydrolysis) is 2. The van der Waals surface area contributed by atoms with Crippen LogP contribution in [0.5, 0.6) is 0 Å². The lowest BCUT2D eigenvalue weighted by Crippen LogP contribution is -2.51. The number of rotatable bonds is 10. The van der Waals surface area contributed by atoms with E-state index in [0.717, 1.165) is 51.7 Å². The SMILES string of the molecule is COC(=O)N[C@H](C(=O)N1CCCC1c1cnc(-c2nc3sc(-c4cnc([C@@H]5CCCN5C(=O)[C@@H](NC(=O)OC)C(C)C)[nH]4)nc3s2)[nH]1)C(C)C. The number of ether oxygens (including phenoxy) is 2. The van der Waals surface area contributed by atoms with Crippen molar-refractivity contribution in [2.45, 2.75) is 77.5 Å². The molecule has 2 aliphatic heterocycles. The summed E-state index contributed by atoms with van der Waals surface area (Å²) in [7, 11) is 2.56. The summed E-state index contributed by atoms with van der Waals surface area (Å²) in [6, 6.07) is -1.85. The number of H-pyrrole nitrogens is 2. The minimum absolute atomic E-state index is 0.116. The Morgan fingerprint density at radius 3 is 1.90 bits per heavy atom. The highest BCUT2D eigenvalue weighted by Crippen LogP contribution is 2.38. The fraction of sp³-hybridized carbons (Fsp3) is 0.562. The Labute approximate surface area is 296 Å². The van der Waals surface area contributed by atoms with Gasteiger partial charge in [-0.05, 0) is 37.5 Å². The molecule has 2 fully saturated rings. The van der Waals surface area contributed by atoms with Crippen molar-refractivity contribution in [3.8, 4) is 21.5 Å². The van der Waals surface area contributed by atoms with Crippen LogP contribution in [-0.2, 0) is 19.1 Å². The third-order valence-corrected chi connectivity index (χ3v) is 11.2. The summed E-state index contributed by atoms with van der Waals surface area (Å²) in [6.07, 6.45) is 5.38. The van der Waals surface area contributed by atoms with E-state index in [1.165, 1.54) is 36.9 Å². The summed E-state index contributed by atoms with van der Waals surface area (Å²) in [4.78, 5) is 81.5. The van der Waals surface area contributed by atoms with Crippen LogP contribution in [-0.4, -0.2) is 103 Å². The van der Waals surface area contributed by atoms with Crippen molar-refractivity contribution in [1.82, 2.24) is 50.3 Å². The van der Waals surface area contributed by atoms with Crippen molar-refractivity contribution < 1.29 is 28.7 Å². The molecule has 4 aromatic rings. The molecular formula is C32H42N10O6S2. The second kappa shape index (κ2) is 14.7. The number of methoxy groups -OCH3 is 2. The van der Waals surface area contributed by atoms with Crippen molar-refractivity contribution in [2.75, 3.05) is 27.3 Å². The number of likely N-dealkylation sites (tertiary alicyclic amines) is 2. The maximum atomic E-state index is 13.5. The van der Waals surface area contributed by atoms with Crippen molar-refractivity contribution in [3.05, 3.63) is 23.9 Å². The first-order valence-electron chi connectivity index (χ1n) is 16.7. The average molecular weight is 727 g/mol. The zero-order valence-corrected chi connectivity index (χ0v) is 30.4. The van der Waals surface area contributed by atoms with Crippen molar-refractivity contribution in [1.29, 1.82) is 0 Å². The van der Waals surface area contributed by atoms with E-state index in [4.69, 9.17) is 19.4 Å². The zero-order chi connectivity index (χ0) is 35.7. The fourth-order valence-electron chi connectivity index (χ4n) is 6.51. The van der Waals surface area contributed by atoms with Gasteiger partial charge in [0.1, 0.15) is 22.9 Å². The number of thiazole rings is 2. The van der Waals surface area contributed by atoms with Gasteiger partial charge in [0.2, 0.25) is 11.8 Å². The van der Waals surface area contributed by atoms with Gasteiger partial charge in [-0.1, -0.05) is 50.4 Å². The van der Waals surface area contributed by atoms with Gasteiger partial charge >= 0.3 is 12.2 Å². The number of amides is 4. The van der Waals surface area contributed by atoms with Gasteiger partial charge < -0.3 is 39.9 Å². The molecule has 4 N–H and O–H groups in total. The van der Waals surface area contributed by atoms with Gasteiger partial charge in [-0.25, -0.2) is 29.5 Å². The highest BCUT2D eigenvalue weighted by Gasteiger charge is 2.39. The predicted molar refractivity (Wildman–Crippen MR) is 186 cm³/mol. The molecule has 0 aliphatic carbocycles. The van der Waals surface area contributed by atoms with E-state index < -0.39 is 24.3 Å². The Bertz CT molecular complexity index is 1700. The maximum absolute atomic E-state index is 13.5. The maximum Gasteiger partial charge on any atom is 0.407 e. The number of fused-ring (bicyclic) bond motifs is 1. The summed E-state index contributed by atoms with van der Waals surface area (Å²) >= 11 is 2.85. The summed E-state index contributed by atoms with van der Waals surface area (Å²) < 4.78 is 9.48. The quantitative estimate of drug-likeness (QED) is 0.179. The number of hydrogen-bond donors (Lipinski definition) is 4. The largest absolute Gasteiger partial charge is 0.453 e. The van der Waals surface area contributed by atoms with E-state index >= 15 is 0 Å². The molecule has 6 rings (SSSR count). The Balaban J connectivity index is 1.15. The van der Waals surface area contributed by atoms with Crippen LogP contribution in [0.15, 0.2) is 12.4 Å². The molecule has 0 radical (unpaired) electrons. The summed E-state index contributed by atoms with van der Waals surface area (Å²) in [5.74, 6) is 0.711. The number of hydrogen-bond acceptors (Lipinski definition) is 12. The van der Waals surface area contributed by atoms with Gasteiger partial charge in [0, 0.05) is 13.1 Å². The summed E-state index contributed by atoms with van der Waals surface area (Å²) in [5.41, 5.74) is 1.54. The number of nitrogens with zero attached hydrogens (tertiary/aromatic N) is 6. The number of aromatic amines is 2. The van der Waals surface area contributed by atoms with Crippen LogP contribution in [0.3, 0.4) is 0 Å². The molecule has 18 heteroatoms. The fourth-order valence-corrected chi connectivity index (χ4v) is 8.47. The lowest BCUT2D eigenvalue weighted by atomic mass is 10.0. The predicted octanol–water partition coefficient (Wildman–Crippen LogP) is 4.62. The van der Waals surface area contributed by atoms with E-state index in [1.807, 2.05) is 27.7 Å². The molecule has 0 aromatic carbocycles. The first-order chi connectivity index (χ1) is 24.0. The molecule has 1 unspecified atom stereocenters. The Morgan fingerprint density at radius 2 is 1.32 bits per heavy atom. The molecule has 4 aromatic heterocycles. The molecule has 16 nitrogen and oxygen atoms in total. The lowest BCUT2D eigenvalue weighted by Gasteiger charge is -2.30. The first kappa shape index (κ1) is 35.3. The van der Waals surface area contributed by atoms with Crippen LogP contribution in [0.1, 0.15) is 77.0 Å². The molecule has 0 bridgehead atoms. The minimum atomic E-state index is -0.707. The topological polar surface area (TPSA) is 200 Å². The van der Waals surface area contributed by atoms with Gasteiger partial charge in [0.05, 0.1) is 50.1 Å². The van der Waals surface area contributed by atoms with Gasteiger partial charge in [-0.3, -0.25) is 9.59 Å². The van der Waals surface area contributed by atoms with Crippen molar-refractivity contribution in [3.63, 3.8) is 0 Å². The standard InChI is InChI=1S/C32H42N10O6S2/c1-15(2)21(37-31(45)47-5)29(43)41-11-7-9-19(41)17-13-34-24(35-17)26-40-28-27(50-26)39-25(49-28)18-14-33-23(36-18)20-10-8-12-42(20)30(44)22(16(3)4)38-32(46)48-6/h13-16,19-22H,7-12H2,1-6H3,(H,33,36)(H,34,35)(H,37,45)(H,38,46)/t19?,20-,21-,22-/m0/s1. The molecule has 2 saturated heterocycles. The van der Waals surface area contributed by atoms with Crippen LogP contribution in [0.2, 0.25) is 0 Å². The van der Waals surface area contributed by atoms with Crippen LogP contribution >= 0.6 is 22.7 Å². The van der Waals surface area contributed by atoms with Gasteiger partial charge in [-0.15, -0.1) is 0 Å². The molecule has 4 atom stereocenters. The zero-order valence-electron chi connectivity index (χ0n) is 28.8. The first-order valence-corrected chi connectivity index (χ1v) is 18.3. The molecule has 0 saturated carbocycles. The summed E-state index contributed by atoms with van der Waals surface area (Å²) in [5, 5.41) is 6.77. The Hall–Kier alpha value is -4.58. The van der Waals surface area contributed by atoms with E-state index in [9.17, 15) is 19.2 Å². The third-order valence-electron chi connectivity index (χ3n) is 9.13. The number of carbonyl (C=O) groups excluding carboxylic acids is 4. The number of aromatic nitrogens is 6. The van der Waals surface area contributed by atoms with Crippen LogP contribution < -0.4 is 10.6 Å². The smallest absolute Gasteiger partial charge is 0.407 e. The van der Waals surface area contributed by atoms with Crippen molar-refractivity contribution in [2.24, 2.45) is 11.8 Å². The Kier molecular flexibility index (Phi) is 10.4. The normalized spacial score (nSPS) is 19.0. The number of carbonyl (C=O) groups is 4. The Morgan fingerprint density at radius 1 is 0.780 bits per heavy atom. The van der Waals surface area contributed by atoms with Crippen LogP contribution in [0, 0.1) is 11.8 Å². The summed E-state index contributed by atoms with van der Waals surface area (Å²) in [6.45, 7) is 8.70. The second-order valence-corrected chi connectivity index (χ2v) is 15.1. The molecular weight excluding hydrogens is 685 g/mol. The van der Waals surface area contributed by atoms with Crippen LogP contribution in [0.25, 0.3) is 31.2 Å². The molecule has 6 heterocycles. The van der Waals surface area contributed by atoms with E-state index in [0.29, 0.717) is 29.7 Å². The molecule has 268 valence electrons. The second-order valence-electron chi connectivity index (χ2n) is 13.1. The third kappa shape index (κ3) is 7.03. The number of nitrogens with one attached hydrogen (secondary N) is 4. The van der Waals surface area contributed by atoms with Crippen molar-refractivity contribution >= 4 is 56.3 Å². The molecule has 50 heavy (non-hydrogen) atoms. The number of imidazole rings is 2. The lowest BCUT2D eigenvalue weighted by molar-refractivity contribution is -0.136. The highest BCUT2D eigenvalue weighted by molar-refractivity contribution is 7.29. The van der Waals surface area contributed by atoms with Gasteiger partial charge in [-0.2, -0.15) is 0 Å².